The van der Waals surface area contributed by atoms with Crippen LogP contribution in [0.5, 0.6) is 0 Å². The number of aliphatic imine (C=N–C) groups is 2. The minimum Gasteiger partial charge on any atom is -0.660 e. The summed E-state index contributed by atoms with van der Waals surface area (Å²) in [4.78, 5) is 19.4. The first-order chi connectivity index (χ1) is 13.3. The van der Waals surface area contributed by atoms with Crippen LogP contribution in [0.4, 0.5) is 0 Å². The molecule has 2 aromatic heterocycles. The van der Waals surface area contributed by atoms with Crippen molar-refractivity contribution in [1.29, 1.82) is 0 Å². The first kappa shape index (κ1) is 19.7. The Balaban J connectivity index is 0.00000205. The standard InChI is InChI=1S/C24H22N4.Ni/c1-23(2)19-9-5-15(25-19)13-17-7-11-21(27-17)24(3,4)22-12-8-18(28-22)14-16-6-10-20(23)26-16;/h5-14H,1-4H3;/q-2;+2/b15-13-,18-14-;. The zero-order valence-corrected chi connectivity index (χ0v) is 17.9. The van der Waals surface area contributed by atoms with E-state index < -0.39 is 0 Å². The van der Waals surface area contributed by atoms with Crippen LogP contribution in [0.3, 0.4) is 0 Å². The van der Waals surface area contributed by atoms with Gasteiger partial charge in [0, 0.05) is 22.3 Å². The van der Waals surface area contributed by atoms with Crippen LogP contribution in [0.2, 0.25) is 0 Å². The number of hydrogen-bond donors (Lipinski definition) is 0. The molecule has 3 aliphatic heterocycles. The zero-order chi connectivity index (χ0) is 19.5. The monoisotopic (exact) mass is 424 g/mol. The molecule has 4 nitrogen and oxygen atoms in total. The minimum atomic E-state index is -0.271. The van der Waals surface area contributed by atoms with Gasteiger partial charge in [0.1, 0.15) is 0 Å². The number of rotatable bonds is 0. The maximum atomic E-state index is 4.85. The Labute approximate surface area is 181 Å². The quantitative estimate of drug-likeness (QED) is 0.581. The Morgan fingerprint density at radius 1 is 0.621 bits per heavy atom. The predicted octanol–water partition coefficient (Wildman–Crippen LogP) is 4.57. The smallest absolute Gasteiger partial charge is 0.660 e. The fourth-order valence-corrected chi connectivity index (χ4v) is 3.79. The number of fused-ring (bicyclic) bond motifs is 6. The topological polar surface area (TPSA) is 52.9 Å². The van der Waals surface area contributed by atoms with Gasteiger partial charge in [-0.05, 0) is 24.3 Å². The van der Waals surface area contributed by atoms with E-state index >= 15 is 0 Å². The summed E-state index contributed by atoms with van der Waals surface area (Å²) in [7, 11) is 0. The van der Waals surface area contributed by atoms with E-state index in [1.54, 1.807) is 0 Å². The molecule has 0 unspecified atom stereocenters. The Morgan fingerprint density at radius 2 is 1.03 bits per heavy atom. The Kier molecular flexibility index (Phi) is 4.55. The molecule has 0 fully saturated rings. The maximum Gasteiger partial charge on any atom is 2.00 e. The summed E-state index contributed by atoms with van der Waals surface area (Å²) in [5.74, 6) is 0. The van der Waals surface area contributed by atoms with E-state index in [9.17, 15) is 0 Å². The van der Waals surface area contributed by atoms with E-state index in [-0.39, 0.29) is 27.3 Å². The first-order valence-electron chi connectivity index (χ1n) is 9.59. The van der Waals surface area contributed by atoms with Gasteiger partial charge >= 0.3 is 16.5 Å². The van der Waals surface area contributed by atoms with Gasteiger partial charge in [-0.1, -0.05) is 64.1 Å². The van der Waals surface area contributed by atoms with Crippen molar-refractivity contribution in [2.45, 2.75) is 38.5 Å². The fourth-order valence-electron chi connectivity index (χ4n) is 3.79. The Bertz CT molecular complexity index is 1070. The van der Waals surface area contributed by atoms with Gasteiger partial charge in [0.2, 0.25) is 0 Å². The van der Waals surface area contributed by atoms with Crippen LogP contribution in [0.25, 0.3) is 12.2 Å². The Hall–Kier alpha value is -2.65. The minimum absolute atomic E-state index is 0. The molecule has 0 aromatic carbocycles. The van der Waals surface area contributed by atoms with Crippen molar-refractivity contribution < 1.29 is 16.5 Å². The third kappa shape index (κ3) is 3.24. The van der Waals surface area contributed by atoms with Crippen molar-refractivity contribution in [2.75, 3.05) is 0 Å². The Morgan fingerprint density at radius 3 is 1.45 bits per heavy atom. The van der Waals surface area contributed by atoms with E-state index in [0.717, 1.165) is 45.6 Å². The fraction of sp³-hybridized carbons (Fsp3) is 0.250. The van der Waals surface area contributed by atoms with Gasteiger partial charge in [-0.15, -0.1) is 22.8 Å². The largest absolute Gasteiger partial charge is 2.00 e. The van der Waals surface area contributed by atoms with Crippen LogP contribution in [0, 0.1) is 0 Å². The molecule has 5 rings (SSSR count). The van der Waals surface area contributed by atoms with Crippen molar-refractivity contribution >= 4 is 23.6 Å². The van der Waals surface area contributed by atoms with Gasteiger partial charge in [0.25, 0.3) is 0 Å². The van der Waals surface area contributed by atoms with Crippen LogP contribution in [-0.4, -0.2) is 11.4 Å². The van der Waals surface area contributed by atoms with Gasteiger partial charge in [-0.25, -0.2) is 0 Å². The SMILES string of the molecule is CC1(C)C2=N/C(=C\c3ccc([n-]3)C(C)(C)C3=N/C(=C\c4ccc1[n-]4)C=C3)C=C2.[Ni+2]. The van der Waals surface area contributed by atoms with Gasteiger partial charge in [0.15, 0.2) is 0 Å². The molecule has 5 heteroatoms. The summed E-state index contributed by atoms with van der Waals surface area (Å²) >= 11 is 0. The van der Waals surface area contributed by atoms with Gasteiger partial charge in [-0.2, -0.15) is 0 Å². The van der Waals surface area contributed by atoms with Crippen LogP contribution < -0.4 is 9.97 Å². The second kappa shape index (κ2) is 6.71. The van der Waals surface area contributed by atoms with Gasteiger partial charge in [0.05, 0.1) is 11.4 Å². The van der Waals surface area contributed by atoms with Crippen LogP contribution in [0.1, 0.15) is 50.5 Å². The molecule has 0 N–H and O–H groups in total. The molecule has 8 bridgehead atoms. The van der Waals surface area contributed by atoms with Crippen LogP contribution >= 0.6 is 0 Å². The normalized spacial score (nSPS) is 24.1. The molecule has 2 aromatic rings. The molecule has 3 aliphatic rings. The first-order valence-corrected chi connectivity index (χ1v) is 9.59. The number of nitrogens with zero attached hydrogens (tertiary/aromatic N) is 4. The summed E-state index contributed by atoms with van der Waals surface area (Å²) in [6.45, 7) is 8.65. The van der Waals surface area contributed by atoms with E-state index in [2.05, 4.69) is 76.3 Å². The van der Waals surface area contributed by atoms with E-state index in [0.29, 0.717) is 0 Å². The molecule has 29 heavy (non-hydrogen) atoms. The predicted molar refractivity (Wildman–Crippen MR) is 115 cm³/mol. The number of aromatic nitrogens is 2. The molecule has 5 heterocycles. The molecular formula is C24H22N4Ni. The van der Waals surface area contributed by atoms with Gasteiger partial charge < -0.3 is 9.97 Å². The average Bonchev–Trinajstić information content (AvgIpc) is 3.42. The van der Waals surface area contributed by atoms with Crippen molar-refractivity contribution in [3.63, 3.8) is 0 Å². The summed E-state index contributed by atoms with van der Waals surface area (Å²) < 4.78 is 0. The van der Waals surface area contributed by atoms with Crippen LogP contribution in [-0.2, 0) is 27.3 Å². The number of hydrogen-bond acceptors (Lipinski definition) is 2. The molecule has 0 saturated heterocycles. The van der Waals surface area contributed by atoms with Crippen molar-refractivity contribution in [1.82, 2.24) is 9.97 Å². The number of allylic oxidation sites excluding steroid dienone is 4. The molecule has 0 spiro atoms. The van der Waals surface area contributed by atoms with Crippen LogP contribution in [0.15, 0.2) is 69.9 Å². The van der Waals surface area contributed by atoms with Crippen molar-refractivity contribution in [3.05, 3.63) is 82.7 Å². The molecule has 148 valence electrons. The van der Waals surface area contributed by atoms with Gasteiger partial charge in [-0.3, -0.25) is 9.98 Å². The second-order valence-electron chi connectivity index (χ2n) is 8.56. The second-order valence-corrected chi connectivity index (χ2v) is 8.56. The third-order valence-electron chi connectivity index (χ3n) is 5.80. The molecule has 0 aliphatic carbocycles. The summed E-state index contributed by atoms with van der Waals surface area (Å²) in [6, 6.07) is 8.27. The summed E-state index contributed by atoms with van der Waals surface area (Å²) in [5, 5.41) is 0. The summed E-state index contributed by atoms with van der Waals surface area (Å²) in [6.07, 6.45) is 12.3. The van der Waals surface area contributed by atoms with E-state index in [1.165, 1.54) is 0 Å². The average molecular weight is 425 g/mol. The summed E-state index contributed by atoms with van der Waals surface area (Å²) in [5.41, 5.74) is 7.18. The van der Waals surface area contributed by atoms with Crippen molar-refractivity contribution in [3.8, 4) is 0 Å². The zero-order valence-electron chi connectivity index (χ0n) is 16.9. The molecule has 0 radical (unpaired) electrons. The van der Waals surface area contributed by atoms with Crippen molar-refractivity contribution in [2.24, 2.45) is 9.98 Å². The molecule has 0 amide bonds. The molecule has 0 atom stereocenters. The maximum absolute atomic E-state index is 4.85. The molecular weight excluding hydrogens is 403 g/mol. The van der Waals surface area contributed by atoms with E-state index in [4.69, 9.17) is 20.0 Å². The van der Waals surface area contributed by atoms with E-state index in [1.807, 2.05) is 12.2 Å². The molecule has 0 saturated carbocycles. The third-order valence-corrected chi connectivity index (χ3v) is 5.80.